The second-order valence-corrected chi connectivity index (χ2v) is 6.13. The van der Waals surface area contributed by atoms with Crippen LogP contribution < -0.4 is 9.64 Å². The molecule has 0 bridgehead atoms. The zero-order valence-corrected chi connectivity index (χ0v) is 13.3. The number of urea groups is 1. The maximum Gasteiger partial charge on any atom is 0.324 e. The summed E-state index contributed by atoms with van der Waals surface area (Å²) >= 11 is 0. The van der Waals surface area contributed by atoms with Crippen LogP contribution in [0.5, 0.6) is 5.75 Å². The molecule has 1 fully saturated rings. The van der Waals surface area contributed by atoms with Gasteiger partial charge in [0.05, 0.1) is 18.2 Å². The van der Waals surface area contributed by atoms with Crippen LogP contribution in [0.15, 0.2) is 24.3 Å². The number of anilines is 1. The first-order chi connectivity index (χ1) is 11.1. The highest BCUT2D eigenvalue weighted by Gasteiger charge is 2.35. The quantitative estimate of drug-likeness (QED) is 0.910. The van der Waals surface area contributed by atoms with Crippen LogP contribution in [0, 0.1) is 5.92 Å². The highest BCUT2D eigenvalue weighted by atomic mass is 16.5. The zero-order valence-electron chi connectivity index (χ0n) is 13.3. The van der Waals surface area contributed by atoms with Gasteiger partial charge in [0, 0.05) is 13.1 Å². The minimum atomic E-state index is -0.823. The number of carbonyl (C=O) groups excluding carboxylic acids is 1. The van der Waals surface area contributed by atoms with Gasteiger partial charge in [0.2, 0.25) is 0 Å². The molecule has 3 rings (SSSR count). The summed E-state index contributed by atoms with van der Waals surface area (Å²) in [5.41, 5.74) is 0.764. The molecule has 2 amide bonds. The van der Waals surface area contributed by atoms with Crippen LogP contribution in [0.3, 0.4) is 0 Å². The second-order valence-electron chi connectivity index (χ2n) is 6.13. The lowest BCUT2D eigenvalue weighted by atomic mass is 9.98. The molecule has 0 saturated carbocycles. The Morgan fingerprint density at radius 3 is 2.83 bits per heavy atom. The fraction of sp³-hybridized carbons (Fsp3) is 0.529. The van der Waals surface area contributed by atoms with E-state index in [-0.39, 0.29) is 18.7 Å². The largest absolute Gasteiger partial charge is 0.486 e. The maximum absolute atomic E-state index is 12.9. The van der Waals surface area contributed by atoms with Gasteiger partial charge in [0.15, 0.2) is 0 Å². The molecule has 6 heteroatoms. The third-order valence-corrected chi connectivity index (χ3v) is 4.56. The Kier molecular flexibility index (Phi) is 4.41. The van der Waals surface area contributed by atoms with Crippen LogP contribution in [-0.2, 0) is 4.79 Å². The van der Waals surface area contributed by atoms with Crippen LogP contribution in [0.4, 0.5) is 10.5 Å². The van der Waals surface area contributed by atoms with Crippen LogP contribution >= 0.6 is 0 Å². The normalized spacial score (nSPS) is 23.9. The molecule has 2 aliphatic heterocycles. The maximum atomic E-state index is 12.9. The summed E-state index contributed by atoms with van der Waals surface area (Å²) in [4.78, 5) is 27.6. The van der Waals surface area contributed by atoms with Crippen molar-refractivity contribution in [1.29, 1.82) is 0 Å². The van der Waals surface area contributed by atoms with Gasteiger partial charge in [-0.3, -0.25) is 9.69 Å². The minimum Gasteiger partial charge on any atom is -0.486 e. The molecule has 124 valence electrons. The molecule has 2 heterocycles. The van der Waals surface area contributed by atoms with Crippen LogP contribution in [-0.4, -0.2) is 47.7 Å². The molecule has 2 atom stereocenters. The van der Waals surface area contributed by atoms with Crippen molar-refractivity contribution in [2.24, 2.45) is 5.92 Å². The summed E-state index contributed by atoms with van der Waals surface area (Å²) in [7, 11) is 0. The highest BCUT2D eigenvalue weighted by Crippen LogP contribution is 2.34. The van der Waals surface area contributed by atoms with Crippen molar-refractivity contribution >= 4 is 17.7 Å². The number of para-hydroxylation sites is 2. The summed E-state index contributed by atoms with van der Waals surface area (Å²) in [6, 6.07) is 7.39. The molecule has 1 aromatic rings. The molecule has 0 aliphatic carbocycles. The number of carbonyl (C=O) groups is 2. The monoisotopic (exact) mass is 318 g/mol. The summed E-state index contributed by atoms with van der Waals surface area (Å²) in [6.07, 6.45) is 2.15. The first-order valence-corrected chi connectivity index (χ1v) is 8.15. The van der Waals surface area contributed by atoms with E-state index in [4.69, 9.17) is 4.74 Å². The zero-order chi connectivity index (χ0) is 16.4. The minimum absolute atomic E-state index is 0.0334. The van der Waals surface area contributed by atoms with E-state index in [9.17, 15) is 14.7 Å². The van der Waals surface area contributed by atoms with Crippen LogP contribution in [0.2, 0.25) is 0 Å². The fourth-order valence-corrected chi connectivity index (χ4v) is 3.22. The van der Waals surface area contributed by atoms with Gasteiger partial charge in [-0.2, -0.15) is 0 Å². The topological polar surface area (TPSA) is 70.1 Å². The summed E-state index contributed by atoms with van der Waals surface area (Å²) in [5.74, 6) is -0.576. The average molecular weight is 318 g/mol. The fourth-order valence-electron chi connectivity index (χ4n) is 3.22. The molecule has 2 aliphatic rings. The Hall–Kier alpha value is -2.24. The number of piperidine rings is 1. The number of hydrogen-bond donors (Lipinski definition) is 1. The third kappa shape index (κ3) is 3.11. The van der Waals surface area contributed by atoms with E-state index in [1.807, 2.05) is 31.2 Å². The Balaban J connectivity index is 1.82. The lowest BCUT2D eigenvalue weighted by Gasteiger charge is -2.39. The first-order valence-electron chi connectivity index (χ1n) is 8.15. The molecule has 1 aromatic carbocycles. The lowest BCUT2D eigenvalue weighted by Crippen LogP contribution is -2.52. The number of amides is 2. The summed E-state index contributed by atoms with van der Waals surface area (Å²) < 4.78 is 5.90. The first kappa shape index (κ1) is 15.6. The van der Waals surface area contributed by atoms with Gasteiger partial charge in [-0.05, 0) is 31.4 Å². The highest BCUT2D eigenvalue weighted by molar-refractivity contribution is 5.94. The number of aliphatic carboxylic acids is 1. The summed E-state index contributed by atoms with van der Waals surface area (Å²) in [6.45, 7) is 3.42. The molecule has 1 saturated heterocycles. The van der Waals surface area contributed by atoms with Crippen molar-refractivity contribution in [3.63, 3.8) is 0 Å². The average Bonchev–Trinajstić information content (AvgIpc) is 2.60. The molecule has 23 heavy (non-hydrogen) atoms. The van der Waals surface area contributed by atoms with E-state index in [0.717, 1.165) is 18.5 Å². The Bertz CT molecular complexity index is 604. The standard InChI is InChI=1S/C17H22N2O4/c1-2-13-11-19(14-7-3-4-8-15(14)23-13)17(22)18-9-5-6-12(10-18)16(20)21/h3-4,7-8,12-13H,2,5-6,9-11H2,1H3,(H,20,21)/t12-,13-/m1/s1. The number of likely N-dealkylation sites (tertiary alicyclic amines) is 1. The number of hydrogen-bond acceptors (Lipinski definition) is 3. The Labute approximate surface area is 135 Å². The predicted molar refractivity (Wildman–Crippen MR) is 85.8 cm³/mol. The van der Waals surface area contributed by atoms with Gasteiger partial charge in [0.25, 0.3) is 0 Å². The van der Waals surface area contributed by atoms with E-state index < -0.39 is 11.9 Å². The molecular weight excluding hydrogens is 296 g/mol. The number of carboxylic acids is 1. The van der Waals surface area contributed by atoms with Crippen molar-refractivity contribution < 1.29 is 19.4 Å². The lowest BCUT2D eigenvalue weighted by molar-refractivity contribution is -0.143. The number of ether oxygens (including phenoxy) is 1. The molecule has 1 N–H and O–H groups in total. The Morgan fingerprint density at radius 1 is 1.30 bits per heavy atom. The molecule has 0 spiro atoms. The number of fused-ring (bicyclic) bond motifs is 1. The second kappa shape index (κ2) is 6.48. The van der Waals surface area contributed by atoms with Gasteiger partial charge >= 0.3 is 12.0 Å². The molecular formula is C17H22N2O4. The van der Waals surface area contributed by atoms with E-state index in [1.54, 1.807) is 9.80 Å². The predicted octanol–water partition coefficient (Wildman–Crippen LogP) is 2.58. The van der Waals surface area contributed by atoms with Crippen molar-refractivity contribution in [1.82, 2.24) is 4.90 Å². The van der Waals surface area contributed by atoms with Gasteiger partial charge in [-0.15, -0.1) is 0 Å². The van der Waals surface area contributed by atoms with E-state index in [2.05, 4.69) is 0 Å². The summed E-state index contributed by atoms with van der Waals surface area (Å²) in [5, 5.41) is 9.21. The van der Waals surface area contributed by atoms with E-state index in [0.29, 0.717) is 25.3 Å². The molecule has 6 nitrogen and oxygen atoms in total. The molecule has 0 aromatic heterocycles. The van der Waals surface area contributed by atoms with Crippen molar-refractivity contribution in [3.8, 4) is 5.75 Å². The Morgan fingerprint density at radius 2 is 2.09 bits per heavy atom. The molecule has 0 unspecified atom stereocenters. The third-order valence-electron chi connectivity index (χ3n) is 4.56. The van der Waals surface area contributed by atoms with Crippen LogP contribution in [0.1, 0.15) is 26.2 Å². The van der Waals surface area contributed by atoms with E-state index in [1.165, 1.54) is 0 Å². The van der Waals surface area contributed by atoms with Crippen LogP contribution in [0.25, 0.3) is 0 Å². The number of nitrogens with zero attached hydrogens (tertiary/aromatic N) is 2. The van der Waals surface area contributed by atoms with Gasteiger partial charge in [-0.25, -0.2) is 4.79 Å². The number of benzene rings is 1. The number of carboxylic acid groups (broad SMARTS) is 1. The number of rotatable bonds is 2. The van der Waals surface area contributed by atoms with Crippen molar-refractivity contribution in [2.75, 3.05) is 24.5 Å². The van der Waals surface area contributed by atoms with Crippen molar-refractivity contribution in [2.45, 2.75) is 32.3 Å². The van der Waals surface area contributed by atoms with E-state index >= 15 is 0 Å². The van der Waals surface area contributed by atoms with Gasteiger partial charge < -0.3 is 14.7 Å². The SMILES string of the molecule is CC[C@@H]1CN(C(=O)N2CCC[C@@H](C(=O)O)C2)c2ccccc2O1. The van der Waals surface area contributed by atoms with Gasteiger partial charge in [0.1, 0.15) is 11.9 Å². The van der Waals surface area contributed by atoms with Gasteiger partial charge in [-0.1, -0.05) is 19.1 Å². The van der Waals surface area contributed by atoms with Crippen molar-refractivity contribution in [3.05, 3.63) is 24.3 Å². The smallest absolute Gasteiger partial charge is 0.324 e. The molecule has 0 radical (unpaired) electrons.